The fourth-order valence-corrected chi connectivity index (χ4v) is 1.21. The summed E-state index contributed by atoms with van der Waals surface area (Å²) in [6, 6.07) is 3.03. The van der Waals surface area contributed by atoms with Crippen molar-refractivity contribution in [3.63, 3.8) is 0 Å². The first-order chi connectivity index (χ1) is 5.72. The number of carbonyl (C=O) groups is 1. The van der Waals surface area contributed by atoms with Crippen molar-refractivity contribution in [2.24, 2.45) is 0 Å². The zero-order chi connectivity index (χ0) is 8.97. The maximum atomic E-state index is 12.5. The molecule has 1 aromatic rings. The molecule has 0 fully saturated rings. The van der Waals surface area contributed by atoms with Crippen LogP contribution in [0.15, 0.2) is 23.1 Å². The van der Waals surface area contributed by atoms with Gasteiger partial charge in [0.05, 0.1) is 0 Å². The predicted octanol–water partition coefficient (Wildman–Crippen LogP) is 1.72. The molecule has 5 heteroatoms. The molecule has 0 aromatic heterocycles. The molecule has 0 atom stereocenters. The van der Waals surface area contributed by atoms with E-state index in [0.717, 1.165) is 30.1 Å². The van der Waals surface area contributed by atoms with Crippen molar-refractivity contribution in [3.05, 3.63) is 29.8 Å². The summed E-state index contributed by atoms with van der Waals surface area (Å²) in [6.07, 6.45) is 0.438. The van der Waals surface area contributed by atoms with E-state index in [1.165, 1.54) is 0 Å². The van der Waals surface area contributed by atoms with Gasteiger partial charge in [-0.3, -0.25) is 9.52 Å². The summed E-state index contributed by atoms with van der Waals surface area (Å²) >= 11 is 0.851. The van der Waals surface area contributed by atoms with Crippen molar-refractivity contribution in [1.29, 1.82) is 0 Å². The first-order valence-corrected chi connectivity index (χ1v) is 3.86. The van der Waals surface area contributed by atoms with E-state index in [4.69, 9.17) is 0 Å². The average Bonchev–Trinajstić information content (AvgIpc) is 1.99. The van der Waals surface area contributed by atoms with Crippen LogP contribution >= 0.6 is 11.9 Å². The summed E-state index contributed by atoms with van der Waals surface area (Å²) in [5, 5.41) is 0. The van der Waals surface area contributed by atoms with Gasteiger partial charge in [-0.05, 0) is 24.1 Å². The van der Waals surface area contributed by atoms with Gasteiger partial charge in [0, 0.05) is 11.0 Å². The van der Waals surface area contributed by atoms with Crippen molar-refractivity contribution in [2.75, 3.05) is 0 Å². The van der Waals surface area contributed by atoms with Gasteiger partial charge in [0.1, 0.15) is 11.6 Å². The lowest BCUT2D eigenvalue weighted by atomic mass is 10.3. The minimum Gasteiger partial charge on any atom is -0.299 e. The van der Waals surface area contributed by atoms with E-state index in [2.05, 4.69) is 4.72 Å². The normalized spacial score (nSPS) is 9.50. The maximum absolute atomic E-state index is 12.5. The molecule has 1 N–H and O–H groups in total. The summed E-state index contributed by atoms with van der Waals surface area (Å²) in [7, 11) is 0. The van der Waals surface area contributed by atoms with Crippen molar-refractivity contribution in [2.45, 2.75) is 4.90 Å². The lowest BCUT2D eigenvalue weighted by Gasteiger charge is -1.98. The molecule has 0 unspecified atom stereocenters. The third-order valence-electron chi connectivity index (χ3n) is 1.06. The third-order valence-corrected chi connectivity index (χ3v) is 1.75. The highest BCUT2D eigenvalue weighted by molar-refractivity contribution is 7.97. The molecule has 0 bridgehead atoms. The van der Waals surface area contributed by atoms with E-state index < -0.39 is 11.6 Å². The summed E-state index contributed by atoms with van der Waals surface area (Å²) < 4.78 is 27.2. The first-order valence-electron chi connectivity index (χ1n) is 3.04. The Morgan fingerprint density at radius 3 is 2.33 bits per heavy atom. The Morgan fingerprint density at radius 2 is 1.83 bits per heavy atom. The first kappa shape index (κ1) is 8.99. The molecule has 0 spiro atoms. The minimum atomic E-state index is -0.662. The number of nitrogens with one attached hydrogen (secondary N) is 1. The van der Waals surface area contributed by atoms with Gasteiger partial charge in [-0.2, -0.15) is 0 Å². The van der Waals surface area contributed by atoms with Crippen molar-refractivity contribution < 1.29 is 13.6 Å². The van der Waals surface area contributed by atoms with Gasteiger partial charge in [0.25, 0.3) is 0 Å². The van der Waals surface area contributed by atoms with Crippen molar-refractivity contribution in [1.82, 2.24) is 4.72 Å². The molecule has 0 radical (unpaired) electrons. The van der Waals surface area contributed by atoms with E-state index in [0.29, 0.717) is 11.3 Å². The molecule has 12 heavy (non-hydrogen) atoms. The molecule has 0 aliphatic rings. The highest BCUT2D eigenvalue weighted by Crippen LogP contribution is 2.16. The average molecular weight is 189 g/mol. The van der Waals surface area contributed by atoms with Crippen LogP contribution in [-0.4, -0.2) is 6.41 Å². The van der Waals surface area contributed by atoms with Crippen LogP contribution in [0.1, 0.15) is 0 Å². The van der Waals surface area contributed by atoms with Crippen molar-refractivity contribution >= 4 is 18.4 Å². The van der Waals surface area contributed by atoms with Crippen LogP contribution in [0.5, 0.6) is 0 Å². The second-order valence-corrected chi connectivity index (χ2v) is 2.85. The molecule has 0 heterocycles. The van der Waals surface area contributed by atoms with E-state index in [-0.39, 0.29) is 0 Å². The lowest BCUT2D eigenvalue weighted by Crippen LogP contribution is -1.97. The monoisotopic (exact) mass is 189 g/mol. The molecular weight excluding hydrogens is 184 g/mol. The van der Waals surface area contributed by atoms with E-state index in [1.54, 1.807) is 0 Å². The number of carbonyl (C=O) groups excluding carboxylic acids is 1. The number of halogens is 2. The fraction of sp³-hybridized carbons (Fsp3) is 0. The number of hydrogen-bond acceptors (Lipinski definition) is 2. The van der Waals surface area contributed by atoms with Crippen molar-refractivity contribution in [3.8, 4) is 0 Å². The Labute approximate surface area is 72.1 Å². The highest BCUT2D eigenvalue weighted by Gasteiger charge is 1.99. The zero-order valence-corrected chi connectivity index (χ0v) is 6.70. The second-order valence-electron chi connectivity index (χ2n) is 1.94. The van der Waals surface area contributed by atoms with Gasteiger partial charge >= 0.3 is 0 Å². The van der Waals surface area contributed by atoms with E-state index >= 15 is 0 Å². The fourth-order valence-electron chi connectivity index (χ4n) is 0.680. The van der Waals surface area contributed by atoms with Gasteiger partial charge in [-0.15, -0.1) is 0 Å². The molecule has 0 aliphatic carbocycles. The molecule has 0 saturated carbocycles. The topological polar surface area (TPSA) is 29.1 Å². The number of amides is 1. The molecule has 1 amide bonds. The van der Waals surface area contributed by atoms with Crippen LogP contribution in [0.25, 0.3) is 0 Å². The molecule has 1 aromatic carbocycles. The molecular formula is C7H5F2NOS. The number of benzene rings is 1. The van der Waals surface area contributed by atoms with Crippen LogP contribution < -0.4 is 4.72 Å². The largest absolute Gasteiger partial charge is 0.299 e. The maximum Gasteiger partial charge on any atom is 0.217 e. The molecule has 2 nitrogen and oxygen atoms in total. The van der Waals surface area contributed by atoms with Gasteiger partial charge < -0.3 is 0 Å². The lowest BCUT2D eigenvalue weighted by molar-refractivity contribution is -0.107. The summed E-state index contributed by atoms with van der Waals surface area (Å²) in [5.74, 6) is -1.32. The Bertz CT molecular complexity index is 272. The molecule has 1 rings (SSSR count). The van der Waals surface area contributed by atoms with Crippen LogP contribution in [0, 0.1) is 11.6 Å². The highest BCUT2D eigenvalue weighted by atomic mass is 32.2. The van der Waals surface area contributed by atoms with Crippen LogP contribution in [0.3, 0.4) is 0 Å². The number of rotatable bonds is 3. The van der Waals surface area contributed by atoms with E-state index in [9.17, 15) is 13.6 Å². The third kappa shape index (κ3) is 2.50. The summed E-state index contributed by atoms with van der Waals surface area (Å²) in [4.78, 5) is 10.1. The predicted molar refractivity (Wildman–Crippen MR) is 41.4 cm³/mol. The van der Waals surface area contributed by atoms with Gasteiger partial charge in [-0.25, -0.2) is 8.78 Å². The quantitative estimate of drug-likeness (QED) is 0.579. The van der Waals surface area contributed by atoms with Crippen LogP contribution in [0.4, 0.5) is 8.78 Å². The molecule has 0 saturated heterocycles. The molecule has 64 valence electrons. The summed E-state index contributed by atoms with van der Waals surface area (Å²) in [5.41, 5.74) is 0. The van der Waals surface area contributed by atoms with Crippen LogP contribution in [0.2, 0.25) is 0 Å². The Balaban J connectivity index is 2.78. The zero-order valence-electron chi connectivity index (χ0n) is 5.88. The van der Waals surface area contributed by atoms with E-state index in [1.807, 2.05) is 0 Å². The Hall–Kier alpha value is -1.10. The van der Waals surface area contributed by atoms with Crippen LogP contribution in [-0.2, 0) is 4.79 Å². The summed E-state index contributed by atoms with van der Waals surface area (Å²) in [6.45, 7) is 0. The molecule has 0 aliphatic heterocycles. The van der Waals surface area contributed by atoms with Gasteiger partial charge in [-0.1, -0.05) is 0 Å². The Morgan fingerprint density at radius 1 is 1.25 bits per heavy atom. The second kappa shape index (κ2) is 4.06. The standard InChI is InChI=1S/C7H5F2NOS/c8-5-1-6(9)3-7(2-5)12-10-4-11/h1-4H,(H,10,11). The van der Waals surface area contributed by atoms with Gasteiger partial charge in [0.2, 0.25) is 6.41 Å². The van der Waals surface area contributed by atoms with Gasteiger partial charge in [0.15, 0.2) is 0 Å². The SMILES string of the molecule is O=CNSc1cc(F)cc(F)c1. The Kier molecular flexibility index (Phi) is 3.04. The number of hydrogen-bond donors (Lipinski definition) is 1. The smallest absolute Gasteiger partial charge is 0.217 e. The minimum absolute atomic E-state index is 0.319.